The van der Waals surface area contributed by atoms with Crippen LogP contribution in [0, 0.1) is 0 Å². The number of halogens is 1. The van der Waals surface area contributed by atoms with Gasteiger partial charge in [-0.15, -0.1) is 0 Å². The predicted molar refractivity (Wildman–Crippen MR) is 74.6 cm³/mol. The third-order valence-electron chi connectivity index (χ3n) is 3.26. The summed E-state index contributed by atoms with van der Waals surface area (Å²) in [4.78, 5) is 38.5. The van der Waals surface area contributed by atoms with E-state index in [0.717, 1.165) is 0 Å². The third-order valence-corrected chi connectivity index (χ3v) is 3.50. The van der Waals surface area contributed by atoms with Gasteiger partial charge in [-0.1, -0.05) is 23.7 Å². The van der Waals surface area contributed by atoms with Gasteiger partial charge in [0.15, 0.2) is 5.78 Å². The van der Waals surface area contributed by atoms with E-state index in [1.54, 1.807) is 24.3 Å². The number of nitrogens with zero attached hydrogens (tertiary/aromatic N) is 2. The van der Waals surface area contributed by atoms with E-state index in [-0.39, 0.29) is 12.3 Å². The van der Waals surface area contributed by atoms with Crippen molar-refractivity contribution < 1.29 is 14.4 Å². The SMILES string of the molecule is CCN1CCN(CC(=O)c2cccc(Cl)c2)C(=O)C1=O. The average molecular weight is 295 g/mol. The van der Waals surface area contributed by atoms with Gasteiger partial charge in [-0.3, -0.25) is 14.4 Å². The molecule has 1 aromatic carbocycles. The molecule has 2 rings (SSSR count). The van der Waals surface area contributed by atoms with Crippen molar-refractivity contribution in [2.75, 3.05) is 26.2 Å². The number of ketones is 1. The highest BCUT2D eigenvalue weighted by Gasteiger charge is 2.32. The van der Waals surface area contributed by atoms with Gasteiger partial charge in [0, 0.05) is 30.2 Å². The van der Waals surface area contributed by atoms with Crippen molar-refractivity contribution in [3.05, 3.63) is 34.9 Å². The van der Waals surface area contributed by atoms with Gasteiger partial charge in [-0.2, -0.15) is 0 Å². The smallest absolute Gasteiger partial charge is 0.312 e. The van der Waals surface area contributed by atoms with Crippen molar-refractivity contribution in [3.8, 4) is 0 Å². The number of carbonyl (C=O) groups is 3. The molecule has 0 atom stereocenters. The Balaban J connectivity index is 2.05. The van der Waals surface area contributed by atoms with Gasteiger partial charge < -0.3 is 9.80 Å². The Kier molecular flexibility index (Phi) is 4.39. The fourth-order valence-corrected chi connectivity index (χ4v) is 2.28. The molecule has 0 bridgehead atoms. The van der Waals surface area contributed by atoms with Crippen LogP contribution in [0.5, 0.6) is 0 Å². The molecule has 1 saturated heterocycles. The number of rotatable bonds is 4. The molecule has 0 aliphatic carbocycles. The Morgan fingerprint density at radius 3 is 2.50 bits per heavy atom. The first-order chi connectivity index (χ1) is 9.52. The molecule has 0 N–H and O–H groups in total. The fourth-order valence-electron chi connectivity index (χ4n) is 2.09. The fraction of sp³-hybridized carbons (Fsp3) is 0.357. The van der Waals surface area contributed by atoms with Gasteiger partial charge >= 0.3 is 11.8 Å². The van der Waals surface area contributed by atoms with Gasteiger partial charge in [0.1, 0.15) is 0 Å². The van der Waals surface area contributed by atoms with Crippen molar-refractivity contribution in [1.29, 1.82) is 0 Å². The molecule has 1 aliphatic heterocycles. The lowest BCUT2D eigenvalue weighted by Crippen LogP contribution is -2.55. The largest absolute Gasteiger partial charge is 0.333 e. The van der Waals surface area contributed by atoms with Crippen LogP contribution >= 0.6 is 11.6 Å². The van der Waals surface area contributed by atoms with E-state index in [4.69, 9.17) is 11.6 Å². The second-order valence-electron chi connectivity index (χ2n) is 4.55. The van der Waals surface area contributed by atoms with E-state index in [2.05, 4.69) is 0 Å². The van der Waals surface area contributed by atoms with Crippen LogP contribution in [0.3, 0.4) is 0 Å². The summed E-state index contributed by atoms with van der Waals surface area (Å²) in [6, 6.07) is 6.55. The minimum absolute atomic E-state index is 0.0948. The molecule has 1 aromatic rings. The van der Waals surface area contributed by atoms with E-state index < -0.39 is 11.8 Å². The summed E-state index contributed by atoms with van der Waals surface area (Å²) in [5, 5.41) is 0.467. The van der Waals surface area contributed by atoms with E-state index in [1.165, 1.54) is 9.80 Å². The minimum Gasteiger partial charge on any atom is -0.333 e. The first-order valence-corrected chi connectivity index (χ1v) is 6.77. The van der Waals surface area contributed by atoms with Gasteiger partial charge in [0.2, 0.25) is 0 Å². The Morgan fingerprint density at radius 1 is 1.20 bits per heavy atom. The van der Waals surface area contributed by atoms with Crippen LogP contribution in [0.4, 0.5) is 0 Å². The molecule has 2 amide bonds. The number of piperazine rings is 1. The predicted octanol–water partition coefficient (Wildman–Crippen LogP) is 1.21. The van der Waals surface area contributed by atoms with Crippen LogP contribution in [0.15, 0.2) is 24.3 Å². The Morgan fingerprint density at radius 2 is 1.85 bits per heavy atom. The molecule has 106 valence electrons. The summed E-state index contributed by atoms with van der Waals surface area (Å²) in [7, 11) is 0. The highest BCUT2D eigenvalue weighted by molar-refractivity contribution is 6.35. The summed E-state index contributed by atoms with van der Waals surface area (Å²) in [5.74, 6) is -1.38. The molecule has 1 fully saturated rings. The summed E-state index contributed by atoms with van der Waals surface area (Å²) in [5.41, 5.74) is 0.440. The summed E-state index contributed by atoms with van der Waals surface area (Å²) < 4.78 is 0. The van der Waals surface area contributed by atoms with Gasteiger partial charge in [0.05, 0.1) is 6.54 Å². The Bertz CT molecular complexity index is 559. The summed E-state index contributed by atoms with van der Waals surface area (Å²) in [6.07, 6.45) is 0. The third kappa shape index (κ3) is 2.99. The minimum atomic E-state index is -0.617. The number of carbonyl (C=O) groups excluding carboxylic acids is 3. The average Bonchev–Trinajstić information content (AvgIpc) is 2.44. The number of amides is 2. The van der Waals surface area contributed by atoms with E-state index in [9.17, 15) is 14.4 Å². The van der Waals surface area contributed by atoms with Crippen molar-refractivity contribution in [3.63, 3.8) is 0 Å². The Hall–Kier alpha value is -1.88. The molecule has 0 spiro atoms. The van der Waals surface area contributed by atoms with Gasteiger partial charge in [-0.05, 0) is 19.1 Å². The maximum absolute atomic E-state index is 12.1. The molecular formula is C14H15ClN2O3. The standard InChI is InChI=1S/C14H15ClN2O3/c1-2-16-6-7-17(14(20)13(16)19)9-12(18)10-4-3-5-11(15)8-10/h3-5,8H,2,6-7,9H2,1H3. The normalized spacial score (nSPS) is 15.7. The maximum Gasteiger partial charge on any atom is 0.312 e. The first-order valence-electron chi connectivity index (χ1n) is 6.40. The number of likely N-dealkylation sites (N-methyl/N-ethyl adjacent to an activating group) is 1. The summed E-state index contributed by atoms with van der Waals surface area (Å²) in [6.45, 7) is 3.07. The number of hydrogen-bond donors (Lipinski definition) is 0. The molecular weight excluding hydrogens is 280 g/mol. The topological polar surface area (TPSA) is 57.7 Å². The monoisotopic (exact) mass is 294 g/mol. The molecule has 0 radical (unpaired) electrons. The molecule has 5 nitrogen and oxygen atoms in total. The highest BCUT2D eigenvalue weighted by Crippen LogP contribution is 2.13. The van der Waals surface area contributed by atoms with Crippen molar-refractivity contribution in [1.82, 2.24) is 9.80 Å². The van der Waals surface area contributed by atoms with Gasteiger partial charge in [-0.25, -0.2) is 0 Å². The maximum atomic E-state index is 12.1. The molecule has 0 saturated carbocycles. The molecule has 0 unspecified atom stereocenters. The van der Waals surface area contributed by atoms with Crippen LogP contribution < -0.4 is 0 Å². The molecule has 1 aliphatic rings. The zero-order chi connectivity index (χ0) is 14.7. The van der Waals surface area contributed by atoms with Crippen LogP contribution in [-0.4, -0.2) is 53.6 Å². The van der Waals surface area contributed by atoms with E-state index in [1.807, 2.05) is 6.92 Å². The van der Waals surface area contributed by atoms with Crippen molar-refractivity contribution in [2.24, 2.45) is 0 Å². The van der Waals surface area contributed by atoms with Crippen LogP contribution in [0.1, 0.15) is 17.3 Å². The second kappa shape index (κ2) is 6.05. The van der Waals surface area contributed by atoms with Crippen LogP contribution in [0.25, 0.3) is 0 Å². The number of hydrogen-bond acceptors (Lipinski definition) is 3. The molecule has 0 aromatic heterocycles. The van der Waals surface area contributed by atoms with Crippen LogP contribution in [-0.2, 0) is 9.59 Å². The highest BCUT2D eigenvalue weighted by atomic mass is 35.5. The molecule has 1 heterocycles. The first kappa shape index (κ1) is 14.5. The molecule has 20 heavy (non-hydrogen) atoms. The second-order valence-corrected chi connectivity index (χ2v) is 4.98. The van der Waals surface area contributed by atoms with Gasteiger partial charge in [0.25, 0.3) is 0 Å². The quantitative estimate of drug-likeness (QED) is 0.619. The van der Waals surface area contributed by atoms with Crippen molar-refractivity contribution in [2.45, 2.75) is 6.92 Å². The van der Waals surface area contributed by atoms with E-state index >= 15 is 0 Å². The van der Waals surface area contributed by atoms with Crippen molar-refractivity contribution >= 4 is 29.2 Å². The Labute approximate surface area is 122 Å². The zero-order valence-corrected chi connectivity index (χ0v) is 11.9. The lowest BCUT2D eigenvalue weighted by molar-refractivity contribution is -0.155. The molecule has 6 heteroatoms. The van der Waals surface area contributed by atoms with E-state index in [0.29, 0.717) is 30.2 Å². The summed E-state index contributed by atoms with van der Waals surface area (Å²) >= 11 is 5.83. The lowest BCUT2D eigenvalue weighted by Gasteiger charge is -2.32. The number of Topliss-reactive ketones (excluding diaryl/α,β-unsaturated/α-hetero) is 1. The zero-order valence-electron chi connectivity index (χ0n) is 11.1. The van der Waals surface area contributed by atoms with Crippen LogP contribution in [0.2, 0.25) is 5.02 Å². The number of benzene rings is 1. The lowest BCUT2D eigenvalue weighted by atomic mass is 10.1.